The first-order valence-electron chi connectivity index (χ1n) is 8.75. The Morgan fingerprint density at radius 2 is 1.91 bits per heavy atom. The summed E-state index contributed by atoms with van der Waals surface area (Å²) >= 11 is 0. The Balaban J connectivity index is 1.57. The van der Waals surface area contributed by atoms with Crippen LogP contribution in [0.3, 0.4) is 0 Å². The Morgan fingerprint density at radius 1 is 1.26 bits per heavy atom. The number of piperidine rings is 1. The van der Waals surface area contributed by atoms with Crippen molar-refractivity contribution in [3.05, 3.63) is 17.5 Å². The zero-order valence-corrected chi connectivity index (χ0v) is 14.2. The van der Waals surface area contributed by atoms with E-state index in [1.54, 1.807) is 4.90 Å². The number of aromatic nitrogens is 2. The van der Waals surface area contributed by atoms with Crippen LogP contribution in [-0.2, 0) is 17.9 Å². The van der Waals surface area contributed by atoms with Crippen LogP contribution in [-0.4, -0.2) is 57.3 Å². The van der Waals surface area contributed by atoms with Gasteiger partial charge in [-0.3, -0.25) is 14.4 Å². The molecule has 1 aromatic heterocycles. The molecule has 2 saturated heterocycles. The number of nitrogens with zero attached hydrogens (tertiary/aromatic N) is 4. The number of hydrogen-bond acceptors (Lipinski definition) is 3. The standard InChI is InChI=1S/C17H27FN4O/c1-3-22-13-15(14(2)19-22)12-20-10-6-17(18,7-11-20)16(23)21-8-4-5-9-21/h13H,3-12H2,1-2H3. The minimum Gasteiger partial charge on any atom is -0.340 e. The first kappa shape index (κ1) is 16.4. The molecule has 0 bridgehead atoms. The second-order valence-corrected chi connectivity index (χ2v) is 6.84. The van der Waals surface area contributed by atoms with Gasteiger partial charge in [-0.25, -0.2) is 4.39 Å². The molecule has 1 aromatic rings. The summed E-state index contributed by atoms with van der Waals surface area (Å²) in [6.07, 6.45) is 4.71. The van der Waals surface area contributed by atoms with Crippen molar-refractivity contribution in [1.29, 1.82) is 0 Å². The van der Waals surface area contributed by atoms with Gasteiger partial charge >= 0.3 is 0 Å². The highest BCUT2D eigenvalue weighted by Gasteiger charge is 2.44. The third kappa shape index (κ3) is 3.42. The van der Waals surface area contributed by atoms with Crippen molar-refractivity contribution in [2.75, 3.05) is 26.2 Å². The molecule has 128 valence electrons. The van der Waals surface area contributed by atoms with Gasteiger partial charge in [-0.1, -0.05) is 0 Å². The lowest BCUT2D eigenvalue weighted by molar-refractivity contribution is -0.146. The summed E-state index contributed by atoms with van der Waals surface area (Å²) in [6.45, 7) is 8.45. The van der Waals surface area contributed by atoms with E-state index in [-0.39, 0.29) is 5.91 Å². The van der Waals surface area contributed by atoms with Gasteiger partial charge in [-0.15, -0.1) is 0 Å². The molecule has 0 aromatic carbocycles. The molecule has 2 fully saturated rings. The predicted octanol–water partition coefficient (Wildman–Crippen LogP) is 2.14. The van der Waals surface area contributed by atoms with Gasteiger partial charge in [0, 0.05) is 63.9 Å². The molecule has 3 heterocycles. The number of amides is 1. The molecule has 5 nitrogen and oxygen atoms in total. The van der Waals surface area contributed by atoms with Crippen LogP contribution in [0, 0.1) is 6.92 Å². The Kier molecular flexibility index (Phi) is 4.71. The quantitative estimate of drug-likeness (QED) is 0.853. The van der Waals surface area contributed by atoms with Gasteiger partial charge < -0.3 is 4.90 Å². The van der Waals surface area contributed by atoms with Crippen LogP contribution < -0.4 is 0 Å². The lowest BCUT2D eigenvalue weighted by Crippen LogP contribution is -2.51. The Hall–Kier alpha value is -1.43. The third-order valence-electron chi connectivity index (χ3n) is 5.19. The van der Waals surface area contributed by atoms with Crippen molar-refractivity contribution in [3.8, 4) is 0 Å². The van der Waals surface area contributed by atoms with Crippen LogP contribution in [0.4, 0.5) is 4.39 Å². The first-order chi connectivity index (χ1) is 11.0. The Labute approximate surface area is 137 Å². The van der Waals surface area contributed by atoms with Crippen LogP contribution in [0.5, 0.6) is 0 Å². The number of likely N-dealkylation sites (tertiary alicyclic amines) is 2. The summed E-state index contributed by atoms with van der Waals surface area (Å²) in [7, 11) is 0. The molecule has 0 atom stereocenters. The van der Waals surface area contributed by atoms with E-state index in [1.165, 1.54) is 5.56 Å². The van der Waals surface area contributed by atoms with E-state index in [0.29, 0.717) is 25.9 Å². The summed E-state index contributed by atoms with van der Waals surface area (Å²) < 4.78 is 17.0. The molecule has 0 saturated carbocycles. The van der Waals surface area contributed by atoms with Gasteiger partial charge in [-0.2, -0.15) is 5.10 Å². The van der Waals surface area contributed by atoms with Crippen molar-refractivity contribution in [2.45, 2.75) is 58.3 Å². The summed E-state index contributed by atoms with van der Waals surface area (Å²) in [5, 5.41) is 4.46. The van der Waals surface area contributed by atoms with Crippen molar-refractivity contribution in [2.24, 2.45) is 0 Å². The Morgan fingerprint density at radius 3 is 2.48 bits per heavy atom. The minimum absolute atomic E-state index is 0.273. The number of hydrogen-bond donors (Lipinski definition) is 0. The lowest BCUT2D eigenvalue weighted by atomic mass is 9.91. The molecule has 2 aliphatic heterocycles. The molecule has 0 aliphatic carbocycles. The molecule has 0 unspecified atom stereocenters. The molecule has 0 spiro atoms. The van der Waals surface area contributed by atoms with Crippen LogP contribution in [0.15, 0.2) is 6.20 Å². The molecule has 0 radical (unpaired) electrons. The molecule has 2 aliphatic rings. The average Bonchev–Trinajstić information content (AvgIpc) is 3.19. The van der Waals surface area contributed by atoms with Crippen LogP contribution in [0.25, 0.3) is 0 Å². The lowest BCUT2D eigenvalue weighted by Gasteiger charge is -2.37. The highest BCUT2D eigenvalue weighted by atomic mass is 19.1. The van der Waals surface area contributed by atoms with E-state index >= 15 is 4.39 Å². The number of alkyl halides is 1. The minimum atomic E-state index is -1.65. The molecular weight excluding hydrogens is 295 g/mol. The van der Waals surface area contributed by atoms with Crippen molar-refractivity contribution < 1.29 is 9.18 Å². The largest absolute Gasteiger partial charge is 0.340 e. The van der Waals surface area contributed by atoms with Gasteiger partial charge in [-0.05, 0) is 26.7 Å². The fraction of sp³-hybridized carbons (Fsp3) is 0.765. The predicted molar refractivity (Wildman–Crippen MR) is 86.8 cm³/mol. The molecule has 6 heteroatoms. The number of carbonyl (C=O) groups is 1. The molecule has 0 N–H and O–H groups in total. The number of halogens is 1. The third-order valence-corrected chi connectivity index (χ3v) is 5.19. The zero-order valence-electron chi connectivity index (χ0n) is 14.2. The van der Waals surface area contributed by atoms with E-state index in [2.05, 4.69) is 23.1 Å². The molecule has 1 amide bonds. The van der Waals surface area contributed by atoms with E-state index in [0.717, 1.165) is 44.7 Å². The van der Waals surface area contributed by atoms with Crippen LogP contribution >= 0.6 is 0 Å². The average molecular weight is 322 g/mol. The fourth-order valence-corrected chi connectivity index (χ4v) is 3.60. The second kappa shape index (κ2) is 6.59. The van der Waals surface area contributed by atoms with Crippen molar-refractivity contribution in [1.82, 2.24) is 19.6 Å². The SMILES string of the molecule is CCn1cc(CN2CCC(F)(C(=O)N3CCCC3)CC2)c(C)n1. The Bertz CT molecular complexity index is 557. The summed E-state index contributed by atoms with van der Waals surface area (Å²) in [6, 6.07) is 0. The van der Waals surface area contributed by atoms with Crippen molar-refractivity contribution >= 4 is 5.91 Å². The second-order valence-electron chi connectivity index (χ2n) is 6.84. The van der Waals surface area contributed by atoms with Crippen LogP contribution in [0.2, 0.25) is 0 Å². The summed E-state index contributed by atoms with van der Waals surface area (Å²) in [5.41, 5.74) is 0.588. The van der Waals surface area contributed by atoms with E-state index in [1.807, 2.05) is 11.6 Å². The topological polar surface area (TPSA) is 41.4 Å². The highest BCUT2D eigenvalue weighted by Crippen LogP contribution is 2.31. The molecular formula is C17H27FN4O. The van der Waals surface area contributed by atoms with E-state index < -0.39 is 5.67 Å². The van der Waals surface area contributed by atoms with Gasteiger partial charge in [0.2, 0.25) is 0 Å². The van der Waals surface area contributed by atoms with Gasteiger partial charge in [0.25, 0.3) is 5.91 Å². The smallest absolute Gasteiger partial charge is 0.260 e. The number of rotatable bonds is 4. The maximum Gasteiger partial charge on any atom is 0.260 e. The first-order valence-corrected chi connectivity index (χ1v) is 8.75. The molecule has 23 heavy (non-hydrogen) atoms. The number of carbonyl (C=O) groups excluding carboxylic acids is 1. The normalized spacial score (nSPS) is 21.8. The van der Waals surface area contributed by atoms with Crippen molar-refractivity contribution in [3.63, 3.8) is 0 Å². The summed E-state index contributed by atoms with van der Waals surface area (Å²) in [5.74, 6) is -0.273. The van der Waals surface area contributed by atoms with Gasteiger partial charge in [0.15, 0.2) is 5.67 Å². The number of aryl methyl sites for hydroxylation is 2. The van der Waals surface area contributed by atoms with Gasteiger partial charge in [0.05, 0.1) is 5.69 Å². The molecule has 3 rings (SSSR count). The monoisotopic (exact) mass is 322 g/mol. The highest BCUT2D eigenvalue weighted by molar-refractivity contribution is 5.85. The summed E-state index contributed by atoms with van der Waals surface area (Å²) in [4.78, 5) is 16.4. The van der Waals surface area contributed by atoms with E-state index in [4.69, 9.17) is 0 Å². The fourth-order valence-electron chi connectivity index (χ4n) is 3.60. The zero-order chi connectivity index (χ0) is 16.4. The maximum absolute atomic E-state index is 15.0. The van der Waals surface area contributed by atoms with Crippen LogP contribution in [0.1, 0.15) is 43.9 Å². The van der Waals surface area contributed by atoms with Gasteiger partial charge in [0.1, 0.15) is 0 Å². The maximum atomic E-state index is 15.0. The van der Waals surface area contributed by atoms with E-state index in [9.17, 15) is 4.79 Å².